The van der Waals surface area contributed by atoms with Gasteiger partial charge in [0.15, 0.2) is 0 Å². The molecule has 0 saturated heterocycles. The Balaban J connectivity index is 3.75. The minimum Gasteiger partial charge on any atom is -0.394 e. The lowest BCUT2D eigenvalue weighted by Gasteiger charge is -2.23. The average molecular weight is 175 g/mol. The number of ether oxygens (including phenoxy) is 1. The van der Waals surface area contributed by atoms with E-state index in [2.05, 4.69) is 13.8 Å². The van der Waals surface area contributed by atoms with Crippen molar-refractivity contribution in [2.75, 3.05) is 19.8 Å². The lowest BCUT2D eigenvalue weighted by Crippen LogP contribution is -2.32. The van der Waals surface area contributed by atoms with E-state index in [9.17, 15) is 0 Å². The Morgan fingerprint density at radius 1 is 1.33 bits per heavy atom. The minimum absolute atomic E-state index is 0.0800. The van der Waals surface area contributed by atoms with E-state index in [1.807, 2.05) is 0 Å². The quantitative estimate of drug-likeness (QED) is 0.600. The van der Waals surface area contributed by atoms with Crippen molar-refractivity contribution in [1.29, 1.82) is 0 Å². The van der Waals surface area contributed by atoms with Crippen molar-refractivity contribution in [1.82, 2.24) is 0 Å². The summed E-state index contributed by atoms with van der Waals surface area (Å²) in [6.07, 6.45) is 2.29. The van der Waals surface area contributed by atoms with Gasteiger partial charge in [0.2, 0.25) is 0 Å². The van der Waals surface area contributed by atoms with Crippen LogP contribution in [-0.4, -0.2) is 31.0 Å². The molecule has 0 spiro atoms. The highest BCUT2D eigenvalue weighted by molar-refractivity contribution is 4.68. The number of hydrogen-bond acceptors (Lipinski definition) is 3. The van der Waals surface area contributed by atoms with Crippen LogP contribution in [0.5, 0.6) is 0 Å². The molecule has 0 heterocycles. The Morgan fingerprint density at radius 3 is 2.25 bits per heavy atom. The van der Waals surface area contributed by atoms with Crippen molar-refractivity contribution < 1.29 is 9.84 Å². The maximum atomic E-state index is 8.57. The third kappa shape index (κ3) is 4.04. The standard InChI is InChI=1S/C9H21NO2/c1-3-8(4-2)9(7-10)12-6-5-11/h8-9,11H,3-7,10H2,1-2H3. The maximum Gasteiger partial charge on any atom is 0.0726 e. The molecule has 3 nitrogen and oxygen atoms in total. The van der Waals surface area contributed by atoms with Crippen LogP contribution in [0.1, 0.15) is 26.7 Å². The molecule has 74 valence electrons. The van der Waals surface area contributed by atoms with Crippen LogP contribution in [0.25, 0.3) is 0 Å². The summed E-state index contributed by atoms with van der Waals surface area (Å²) in [6, 6.07) is 0. The zero-order valence-electron chi connectivity index (χ0n) is 8.12. The molecule has 0 radical (unpaired) electrons. The fourth-order valence-corrected chi connectivity index (χ4v) is 1.42. The first kappa shape index (κ1) is 11.9. The molecule has 0 aromatic rings. The van der Waals surface area contributed by atoms with Gasteiger partial charge in [0.25, 0.3) is 0 Å². The van der Waals surface area contributed by atoms with Crippen molar-refractivity contribution >= 4 is 0 Å². The third-order valence-corrected chi connectivity index (χ3v) is 2.23. The Kier molecular flexibility index (Phi) is 7.45. The van der Waals surface area contributed by atoms with Crippen LogP contribution < -0.4 is 5.73 Å². The second-order valence-corrected chi connectivity index (χ2v) is 2.95. The number of aliphatic hydroxyl groups is 1. The van der Waals surface area contributed by atoms with Crippen LogP contribution in [0.4, 0.5) is 0 Å². The van der Waals surface area contributed by atoms with Gasteiger partial charge in [0.1, 0.15) is 0 Å². The maximum absolute atomic E-state index is 8.57. The second kappa shape index (κ2) is 7.53. The first-order valence-electron chi connectivity index (χ1n) is 4.72. The monoisotopic (exact) mass is 175 g/mol. The van der Waals surface area contributed by atoms with Crippen molar-refractivity contribution in [2.24, 2.45) is 11.7 Å². The molecule has 0 aliphatic heterocycles. The van der Waals surface area contributed by atoms with E-state index >= 15 is 0 Å². The number of rotatable bonds is 7. The third-order valence-electron chi connectivity index (χ3n) is 2.23. The summed E-state index contributed by atoms with van der Waals surface area (Å²) >= 11 is 0. The lowest BCUT2D eigenvalue weighted by atomic mass is 9.96. The van der Waals surface area contributed by atoms with E-state index in [-0.39, 0.29) is 12.7 Å². The summed E-state index contributed by atoms with van der Waals surface area (Å²) in [5.74, 6) is 0.529. The molecular weight excluding hydrogens is 154 g/mol. The molecule has 3 N–H and O–H groups in total. The molecule has 3 heteroatoms. The molecule has 0 aliphatic carbocycles. The predicted molar refractivity (Wildman–Crippen MR) is 50.0 cm³/mol. The zero-order chi connectivity index (χ0) is 9.40. The fourth-order valence-electron chi connectivity index (χ4n) is 1.42. The highest BCUT2D eigenvalue weighted by atomic mass is 16.5. The lowest BCUT2D eigenvalue weighted by molar-refractivity contribution is -0.00208. The number of hydrogen-bond donors (Lipinski definition) is 2. The Hall–Kier alpha value is -0.120. The molecule has 12 heavy (non-hydrogen) atoms. The summed E-state index contributed by atoms with van der Waals surface area (Å²) in [5.41, 5.74) is 5.56. The van der Waals surface area contributed by atoms with E-state index in [0.717, 1.165) is 12.8 Å². The molecule has 0 aromatic carbocycles. The smallest absolute Gasteiger partial charge is 0.0726 e. The van der Waals surface area contributed by atoms with Crippen molar-refractivity contribution in [2.45, 2.75) is 32.8 Å². The van der Waals surface area contributed by atoms with Gasteiger partial charge in [-0.25, -0.2) is 0 Å². The van der Waals surface area contributed by atoms with Crippen molar-refractivity contribution in [3.05, 3.63) is 0 Å². The molecule has 0 rings (SSSR count). The van der Waals surface area contributed by atoms with Gasteiger partial charge in [0, 0.05) is 6.54 Å². The Bertz CT molecular complexity index is 94.5. The van der Waals surface area contributed by atoms with E-state index in [1.165, 1.54) is 0 Å². The molecule has 0 bridgehead atoms. The van der Waals surface area contributed by atoms with Crippen LogP contribution in [0.2, 0.25) is 0 Å². The summed E-state index contributed by atoms with van der Waals surface area (Å²) in [6.45, 7) is 5.31. The van der Waals surface area contributed by atoms with Crippen LogP contribution in [0, 0.1) is 5.92 Å². The van der Waals surface area contributed by atoms with E-state index in [0.29, 0.717) is 19.1 Å². The Labute approximate surface area is 74.9 Å². The number of aliphatic hydroxyl groups excluding tert-OH is 1. The molecule has 0 amide bonds. The van der Waals surface area contributed by atoms with Gasteiger partial charge >= 0.3 is 0 Å². The second-order valence-electron chi connectivity index (χ2n) is 2.95. The van der Waals surface area contributed by atoms with E-state index < -0.39 is 0 Å². The Morgan fingerprint density at radius 2 is 1.92 bits per heavy atom. The van der Waals surface area contributed by atoms with Crippen LogP contribution in [0.15, 0.2) is 0 Å². The molecule has 1 unspecified atom stereocenters. The van der Waals surface area contributed by atoms with Crippen LogP contribution in [0.3, 0.4) is 0 Å². The van der Waals surface area contributed by atoms with E-state index in [4.69, 9.17) is 15.6 Å². The number of nitrogens with two attached hydrogens (primary N) is 1. The summed E-state index contributed by atoms with van der Waals surface area (Å²) in [4.78, 5) is 0. The largest absolute Gasteiger partial charge is 0.394 e. The SMILES string of the molecule is CCC(CC)C(CN)OCCO. The van der Waals surface area contributed by atoms with E-state index in [1.54, 1.807) is 0 Å². The van der Waals surface area contributed by atoms with Gasteiger partial charge in [-0.1, -0.05) is 26.7 Å². The molecule has 0 aliphatic rings. The molecule has 0 fully saturated rings. The van der Waals surface area contributed by atoms with Gasteiger partial charge in [-0.15, -0.1) is 0 Å². The van der Waals surface area contributed by atoms with Gasteiger partial charge < -0.3 is 15.6 Å². The summed E-state index contributed by atoms with van der Waals surface area (Å²) in [5, 5.41) is 8.57. The molecule has 0 saturated carbocycles. The van der Waals surface area contributed by atoms with Gasteiger partial charge in [0.05, 0.1) is 19.3 Å². The predicted octanol–water partition coefficient (Wildman–Crippen LogP) is 0.759. The fraction of sp³-hybridized carbons (Fsp3) is 1.00. The summed E-state index contributed by atoms with van der Waals surface area (Å²) < 4.78 is 5.41. The van der Waals surface area contributed by atoms with Crippen LogP contribution >= 0.6 is 0 Å². The molecule has 1 atom stereocenters. The highest BCUT2D eigenvalue weighted by Crippen LogP contribution is 2.14. The molecule has 0 aromatic heterocycles. The minimum atomic E-state index is 0.0800. The summed E-state index contributed by atoms with van der Waals surface area (Å²) in [7, 11) is 0. The normalized spacial score (nSPS) is 13.8. The topological polar surface area (TPSA) is 55.5 Å². The zero-order valence-corrected chi connectivity index (χ0v) is 8.12. The van der Waals surface area contributed by atoms with Crippen LogP contribution in [-0.2, 0) is 4.74 Å². The van der Waals surface area contributed by atoms with Crippen molar-refractivity contribution in [3.8, 4) is 0 Å². The van der Waals surface area contributed by atoms with Crippen molar-refractivity contribution in [3.63, 3.8) is 0 Å². The van der Waals surface area contributed by atoms with Gasteiger partial charge in [-0.3, -0.25) is 0 Å². The first-order chi connectivity index (χ1) is 5.79. The first-order valence-corrected chi connectivity index (χ1v) is 4.72. The van der Waals surface area contributed by atoms with Gasteiger partial charge in [-0.2, -0.15) is 0 Å². The van der Waals surface area contributed by atoms with Gasteiger partial charge in [-0.05, 0) is 5.92 Å². The molecular formula is C9H21NO2. The highest BCUT2D eigenvalue weighted by Gasteiger charge is 2.16. The average Bonchev–Trinajstić information content (AvgIpc) is 2.12.